The van der Waals surface area contributed by atoms with Crippen molar-refractivity contribution in [3.05, 3.63) is 102 Å². The Balaban J connectivity index is 0.910. The number of carbonyl (C=O) groups is 1. The first-order valence-electron chi connectivity index (χ1n) is 18.0. The molecular formula is C40H45FN6O4. The minimum atomic E-state index is -0.495. The number of carbonyl (C=O) groups excluding carboxylic acids is 1. The van der Waals surface area contributed by atoms with Gasteiger partial charge < -0.3 is 24.0 Å². The molecule has 1 amide bonds. The van der Waals surface area contributed by atoms with Gasteiger partial charge in [0.25, 0.3) is 5.91 Å². The van der Waals surface area contributed by atoms with Gasteiger partial charge in [-0.25, -0.2) is 14.4 Å². The average Bonchev–Trinajstić information content (AvgIpc) is 3.08. The van der Waals surface area contributed by atoms with Crippen LogP contribution < -0.4 is 14.4 Å². The Bertz CT molecular complexity index is 1870. The molecule has 1 saturated heterocycles. The molecule has 2 aromatic heterocycles. The van der Waals surface area contributed by atoms with Gasteiger partial charge >= 0.3 is 0 Å². The van der Waals surface area contributed by atoms with Gasteiger partial charge in [0.1, 0.15) is 29.7 Å². The summed E-state index contributed by atoms with van der Waals surface area (Å²) in [5.74, 6) is 1.57. The molecule has 0 atom stereocenters. The van der Waals surface area contributed by atoms with Crippen LogP contribution in [0.25, 0.3) is 0 Å². The number of methoxy groups -OCH3 is 1. The van der Waals surface area contributed by atoms with E-state index in [9.17, 15) is 9.18 Å². The first kappa shape index (κ1) is 33.5. The number of benzene rings is 2. The molecule has 3 fully saturated rings. The van der Waals surface area contributed by atoms with Gasteiger partial charge in [-0.05, 0) is 69.4 Å². The van der Waals surface area contributed by atoms with E-state index in [1.807, 2.05) is 31.0 Å². The number of pyridine rings is 1. The molecule has 2 saturated carbocycles. The zero-order valence-corrected chi connectivity index (χ0v) is 29.5. The highest BCUT2D eigenvalue weighted by molar-refractivity contribution is 5.97. The van der Waals surface area contributed by atoms with Crippen LogP contribution in [0.15, 0.2) is 73.3 Å². The Morgan fingerprint density at radius 2 is 1.82 bits per heavy atom. The van der Waals surface area contributed by atoms with Crippen molar-refractivity contribution in [2.75, 3.05) is 31.6 Å². The number of hydrogen-bond donors (Lipinski definition) is 0. The molecule has 4 heterocycles. The fraction of sp³-hybridized carbons (Fsp3) is 0.450. The smallest absolute Gasteiger partial charge is 0.258 e. The normalized spacial score (nSPS) is 21.0. The Labute approximate surface area is 298 Å². The third-order valence-electron chi connectivity index (χ3n) is 11.0. The lowest BCUT2D eigenvalue weighted by atomic mass is 9.61. The van der Waals surface area contributed by atoms with E-state index in [1.54, 1.807) is 13.3 Å². The van der Waals surface area contributed by atoms with Gasteiger partial charge in [-0.2, -0.15) is 0 Å². The molecule has 0 radical (unpaired) electrons. The maximum absolute atomic E-state index is 14.6. The summed E-state index contributed by atoms with van der Waals surface area (Å²) in [6.07, 6.45) is 9.62. The largest absolute Gasteiger partial charge is 0.490 e. The van der Waals surface area contributed by atoms with Crippen molar-refractivity contribution in [3.63, 3.8) is 0 Å². The lowest BCUT2D eigenvalue weighted by Gasteiger charge is -2.59. The quantitative estimate of drug-likeness (QED) is 0.176. The zero-order chi connectivity index (χ0) is 35.1. The molecule has 2 aliphatic heterocycles. The van der Waals surface area contributed by atoms with Crippen LogP contribution in [0.3, 0.4) is 0 Å². The second kappa shape index (κ2) is 13.8. The molecule has 0 unspecified atom stereocenters. The summed E-state index contributed by atoms with van der Waals surface area (Å²) in [6.45, 7) is 8.32. The molecule has 4 aromatic rings. The molecule has 4 aliphatic rings. The van der Waals surface area contributed by atoms with Crippen molar-refractivity contribution in [2.24, 2.45) is 5.41 Å². The third-order valence-corrected chi connectivity index (χ3v) is 11.0. The van der Waals surface area contributed by atoms with Gasteiger partial charge in [0.2, 0.25) is 0 Å². The molecule has 0 N–H and O–H groups in total. The molecule has 2 aromatic carbocycles. The van der Waals surface area contributed by atoms with Crippen LogP contribution in [0.1, 0.15) is 66.7 Å². The van der Waals surface area contributed by atoms with Gasteiger partial charge in [0.05, 0.1) is 17.9 Å². The molecule has 10 nitrogen and oxygen atoms in total. The highest BCUT2D eigenvalue weighted by atomic mass is 19.1. The van der Waals surface area contributed by atoms with Crippen molar-refractivity contribution in [1.29, 1.82) is 0 Å². The fourth-order valence-corrected chi connectivity index (χ4v) is 8.31. The topological polar surface area (TPSA) is 93.1 Å². The van der Waals surface area contributed by atoms with Gasteiger partial charge in [-0.1, -0.05) is 30.3 Å². The Morgan fingerprint density at radius 3 is 2.59 bits per heavy atom. The van der Waals surface area contributed by atoms with Crippen LogP contribution in [0.5, 0.6) is 17.2 Å². The van der Waals surface area contributed by atoms with Crippen molar-refractivity contribution >= 4 is 11.7 Å². The molecule has 2 aliphatic carbocycles. The summed E-state index contributed by atoms with van der Waals surface area (Å²) in [7, 11) is 1.69. The maximum atomic E-state index is 14.6. The van der Waals surface area contributed by atoms with E-state index in [-0.39, 0.29) is 46.9 Å². The fourth-order valence-electron chi connectivity index (χ4n) is 8.31. The van der Waals surface area contributed by atoms with Gasteiger partial charge in [-0.3, -0.25) is 14.7 Å². The number of halogens is 1. The molecule has 0 bridgehead atoms. The molecular weight excluding hydrogens is 647 g/mol. The maximum Gasteiger partial charge on any atom is 0.258 e. The third kappa shape index (κ3) is 6.77. The number of nitrogens with zero attached hydrogens (tertiary/aromatic N) is 6. The van der Waals surface area contributed by atoms with Crippen molar-refractivity contribution in [1.82, 2.24) is 24.8 Å². The van der Waals surface area contributed by atoms with Crippen LogP contribution >= 0.6 is 0 Å². The summed E-state index contributed by atoms with van der Waals surface area (Å²) < 4.78 is 33.0. The molecule has 11 heteroatoms. The summed E-state index contributed by atoms with van der Waals surface area (Å²) in [6, 6.07) is 16.7. The Kier molecular flexibility index (Phi) is 9.10. The second-order valence-electron chi connectivity index (χ2n) is 14.9. The van der Waals surface area contributed by atoms with E-state index in [0.717, 1.165) is 76.3 Å². The SMILES string of the molecule is COC1CC(N(C(=O)c2cc(F)ccc2Oc2cncnc2N2CC3(CC(Oc4ccnc5c4CN(Cc4ccccc4)CC5)C3)C2)C(C)C)C1. The molecule has 51 heavy (non-hydrogen) atoms. The van der Waals surface area contributed by atoms with Crippen LogP contribution in [0, 0.1) is 11.2 Å². The first-order valence-corrected chi connectivity index (χ1v) is 18.0. The van der Waals surface area contributed by atoms with E-state index in [4.69, 9.17) is 14.2 Å². The van der Waals surface area contributed by atoms with E-state index in [0.29, 0.717) is 11.6 Å². The number of ether oxygens (including phenoxy) is 3. The number of anilines is 1. The van der Waals surface area contributed by atoms with Crippen molar-refractivity contribution in [2.45, 2.75) is 83.3 Å². The number of amides is 1. The highest BCUT2D eigenvalue weighted by Crippen LogP contribution is 2.52. The zero-order valence-electron chi connectivity index (χ0n) is 29.5. The van der Waals surface area contributed by atoms with Crippen LogP contribution in [-0.2, 0) is 24.2 Å². The predicted molar refractivity (Wildman–Crippen MR) is 190 cm³/mol. The van der Waals surface area contributed by atoms with Gasteiger partial charge in [0.15, 0.2) is 11.6 Å². The van der Waals surface area contributed by atoms with Crippen LogP contribution in [0.2, 0.25) is 0 Å². The van der Waals surface area contributed by atoms with Crippen molar-refractivity contribution < 1.29 is 23.4 Å². The van der Waals surface area contributed by atoms with Gasteiger partial charge in [0, 0.05) is 81.2 Å². The number of rotatable bonds is 11. The standard InChI is InChI=1S/C40H45FN6O4/c1-26(2)47(29-16-30(17-29)49-3)39(48)32-15-28(41)9-10-35(32)51-37-20-42-25-44-38(37)46-23-40(24-46)18-31(19-40)50-36-11-13-43-34-12-14-45(22-33(34)36)21-27-7-5-4-6-8-27/h4-11,13,15,20,25-26,29-31H,12,14,16-19,21-24H2,1-3H3. The lowest BCUT2D eigenvalue weighted by Crippen LogP contribution is -2.65. The number of aromatic nitrogens is 3. The number of fused-ring (bicyclic) bond motifs is 1. The summed E-state index contributed by atoms with van der Waals surface area (Å²) in [5.41, 5.74) is 3.99. The van der Waals surface area contributed by atoms with Crippen molar-refractivity contribution in [3.8, 4) is 17.2 Å². The predicted octanol–water partition coefficient (Wildman–Crippen LogP) is 6.44. The van der Waals surface area contributed by atoms with E-state index >= 15 is 0 Å². The van der Waals surface area contributed by atoms with E-state index in [1.165, 1.54) is 35.7 Å². The van der Waals surface area contributed by atoms with E-state index in [2.05, 4.69) is 55.1 Å². The first-order chi connectivity index (χ1) is 24.8. The van der Waals surface area contributed by atoms with Crippen LogP contribution in [0.4, 0.5) is 10.2 Å². The molecule has 266 valence electrons. The monoisotopic (exact) mass is 692 g/mol. The summed E-state index contributed by atoms with van der Waals surface area (Å²) in [4.78, 5) is 33.9. The van der Waals surface area contributed by atoms with E-state index < -0.39 is 5.82 Å². The summed E-state index contributed by atoms with van der Waals surface area (Å²) in [5, 5.41) is 0. The van der Waals surface area contributed by atoms with Gasteiger partial charge in [-0.15, -0.1) is 0 Å². The second-order valence-corrected chi connectivity index (χ2v) is 14.9. The van der Waals surface area contributed by atoms with Crippen LogP contribution in [-0.4, -0.2) is 81.7 Å². The minimum Gasteiger partial charge on any atom is -0.490 e. The average molecular weight is 693 g/mol. The Morgan fingerprint density at radius 1 is 1.02 bits per heavy atom. The minimum absolute atomic E-state index is 0.0278. The number of hydrogen-bond acceptors (Lipinski definition) is 9. The Hall–Kier alpha value is -4.61. The summed E-state index contributed by atoms with van der Waals surface area (Å²) >= 11 is 0. The molecule has 8 rings (SSSR count). The molecule has 1 spiro atoms. The lowest BCUT2D eigenvalue weighted by molar-refractivity contribution is -0.0353. The highest BCUT2D eigenvalue weighted by Gasteiger charge is 2.54.